The molecule has 2 aromatic heterocycles. The maximum atomic E-state index is 11.1. The van der Waals surface area contributed by atoms with Crippen molar-refractivity contribution < 1.29 is 9.52 Å². The summed E-state index contributed by atoms with van der Waals surface area (Å²) < 4.78 is 6.60. The largest absolute Gasteiger partial charge is 0.507 e. The number of oxazole rings is 1. The SMILES string of the molecule is CC(C)(C)c1ccc(-c2cc(-c3cccc(-c4cc(C(C)(C)C)cc5c(-c6ccccc6)ccnc45)c3)c3nc(-c4cc(C(C)(C)C)ccc4O)oc3c2)cc1. The molecule has 0 fully saturated rings. The van der Waals surface area contributed by atoms with Crippen LogP contribution in [-0.2, 0) is 16.2 Å². The quantitative estimate of drug-likeness (QED) is 0.191. The van der Waals surface area contributed by atoms with Gasteiger partial charge in [-0.05, 0) is 115 Å². The summed E-state index contributed by atoms with van der Waals surface area (Å²) in [7, 11) is 0. The van der Waals surface area contributed by atoms with E-state index in [-0.39, 0.29) is 22.0 Å². The van der Waals surface area contributed by atoms with Gasteiger partial charge in [0.1, 0.15) is 11.3 Å². The number of fused-ring (bicyclic) bond motifs is 2. The van der Waals surface area contributed by atoms with Crippen molar-refractivity contribution in [3.05, 3.63) is 150 Å². The van der Waals surface area contributed by atoms with Gasteiger partial charge in [0.25, 0.3) is 0 Å². The van der Waals surface area contributed by atoms with Crippen LogP contribution >= 0.6 is 0 Å². The molecule has 0 aliphatic rings. The number of phenols is 1. The number of aromatic hydroxyl groups is 1. The number of hydrogen-bond acceptors (Lipinski definition) is 4. The van der Waals surface area contributed by atoms with Crippen LogP contribution in [0.1, 0.15) is 79.0 Å². The second-order valence-electron chi connectivity index (χ2n) is 18.2. The van der Waals surface area contributed by atoms with E-state index in [4.69, 9.17) is 14.4 Å². The van der Waals surface area contributed by atoms with Gasteiger partial charge in [0.05, 0.1) is 11.1 Å². The van der Waals surface area contributed by atoms with Crippen LogP contribution in [0.2, 0.25) is 0 Å². The number of benzene rings is 6. The first-order valence-electron chi connectivity index (χ1n) is 19.5. The normalized spacial score (nSPS) is 12.4. The van der Waals surface area contributed by atoms with E-state index < -0.39 is 0 Å². The molecular weight excluding hydrogens is 685 g/mol. The van der Waals surface area contributed by atoms with E-state index in [1.165, 1.54) is 22.3 Å². The highest BCUT2D eigenvalue weighted by atomic mass is 16.3. The van der Waals surface area contributed by atoms with E-state index in [9.17, 15) is 5.11 Å². The standard InChI is InChI=1S/C52H50N2O2/c1-50(2,3)37-20-18-32(19-21-37)36-27-41(48-46(28-36)56-49(54-48)44-29-38(51(4,5)6)22-23-45(44)55)34-16-13-17-35(26-34)42-30-39(52(7,8)9)31-43-40(24-25-53-47(42)43)33-14-11-10-12-15-33/h10-31,55H,1-9H3. The Balaban J connectivity index is 1.35. The lowest BCUT2D eigenvalue weighted by Gasteiger charge is -2.22. The minimum Gasteiger partial charge on any atom is -0.507 e. The maximum absolute atomic E-state index is 11.1. The van der Waals surface area contributed by atoms with Crippen molar-refractivity contribution in [1.29, 1.82) is 0 Å². The van der Waals surface area contributed by atoms with Gasteiger partial charge in [-0.25, -0.2) is 4.98 Å². The highest BCUT2D eigenvalue weighted by molar-refractivity contribution is 6.04. The van der Waals surface area contributed by atoms with Gasteiger partial charge >= 0.3 is 0 Å². The molecule has 56 heavy (non-hydrogen) atoms. The molecule has 4 heteroatoms. The number of pyridine rings is 1. The van der Waals surface area contributed by atoms with Crippen molar-refractivity contribution >= 4 is 22.0 Å². The molecule has 4 nitrogen and oxygen atoms in total. The fraction of sp³-hybridized carbons (Fsp3) is 0.231. The molecule has 0 atom stereocenters. The summed E-state index contributed by atoms with van der Waals surface area (Å²) in [4.78, 5) is 10.1. The topological polar surface area (TPSA) is 59.2 Å². The third-order valence-corrected chi connectivity index (χ3v) is 11.0. The molecule has 6 aromatic carbocycles. The van der Waals surface area contributed by atoms with E-state index in [2.05, 4.69) is 172 Å². The zero-order valence-corrected chi connectivity index (χ0v) is 34.0. The Morgan fingerprint density at radius 2 is 1.05 bits per heavy atom. The molecule has 0 amide bonds. The van der Waals surface area contributed by atoms with Gasteiger partial charge in [0, 0.05) is 22.7 Å². The monoisotopic (exact) mass is 734 g/mol. The molecule has 0 spiro atoms. The fourth-order valence-corrected chi connectivity index (χ4v) is 7.50. The van der Waals surface area contributed by atoms with Gasteiger partial charge in [0.15, 0.2) is 5.58 Å². The van der Waals surface area contributed by atoms with E-state index >= 15 is 0 Å². The zero-order valence-electron chi connectivity index (χ0n) is 34.0. The first-order valence-corrected chi connectivity index (χ1v) is 19.5. The van der Waals surface area contributed by atoms with Crippen LogP contribution in [0.15, 0.2) is 138 Å². The van der Waals surface area contributed by atoms with Crippen LogP contribution in [0.5, 0.6) is 5.75 Å². The molecule has 0 saturated heterocycles. The minimum absolute atomic E-state index is 0.0443. The lowest BCUT2D eigenvalue weighted by Crippen LogP contribution is -2.11. The van der Waals surface area contributed by atoms with E-state index in [0.717, 1.165) is 55.4 Å². The molecule has 280 valence electrons. The van der Waals surface area contributed by atoms with E-state index in [0.29, 0.717) is 17.0 Å². The molecule has 8 rings (SSSR count). The van der Waals surface area contributed by atoms with Crippen LogP contribution in [-0.4, -0.2) is 15.1 Å². The third-order valence-electron chi connectivity index (χ3n) is 11.0. The van der Waals surface area contributed by atoms with Gasteiger partial charge in [-0.2, -0.15) is 0 Å². The van der Waals surface area contributed by atoms with Crippen LogP contribution in [0, 0.1) is 0 Å². The van der Waals surface area contributed by atoms with Crippen molar-refractivity contribution in [2.75, 3.05) is 0 Å². The second kappa shape index (κ2) is 13.6. The Morgan fingerprint density at radius 1 is 0.446 bits per heavy atom. The Hall–Kier alpha value is -6.00. The predicted octanol–water partition coefficient (Wildman–Crippen LogP) is 14.3. The van der Waals surface area contributed by atoms with E-state index in [1.807, 2.05) is 18.3 Å². The van der Waals surface area contributed by atoms with Crippen LogP contribution < -0.4 is 0 Å². The average Bonchev–Trinajstić information content (AvgIpc) is 3.60. The average molecular weight is 735 g/mol. The molecule has 0 unspecified atom stereocenters. The zero-order chi connectivity index (χ0) is 39.6. The number of rotatable bonds is 5. The smallest absolute Gasteiger partial charge is 0.231 e. The van der Waals surface area contributed by atoms with Gasteiger partial charge in [-0.3, -0.25) is 4.98 Å². The van der Waals surface area contributed by atoms with Gasteiger partial charge in [-0.15, -0.1) is 0 Å². The van der Waals surface area contributed by atoms with Crippen LogP contribution in [0.25, 0.3) is 78.0 Å². The molecule has 0 aliphatic heterocycles. The first kappa shape index (κ1) is 36.9. The number of hydrogen-bond donors (Lipinski definition) is 1. The fourth-order valence-electron chi connectivity index (χ4n) is 7.50. The summed E-state index contributed by atoms with van der Waals surface area (Å²) in [6, 6.07) is 44.8. The van der Waals surface area contributed by atoms with Crippen molar-refractivity contribution in [2.24, 2.45) is 0 Å². The van der Waals surface area contributed by atoms with Crippen molar-refractivity contribution in [3.63, 3.8) is 0 Å². The molecule has 0 saturated carbocycles. The van der Waals surface area contributed by atoms with Crippen molar-refractivity contribution in [3.8, 4) is 61.7 Å². The van der Waals surface area contributed by atoms with Crippen LogP contribution in [0.3, 0.4) is 0 Å². The molecule has 0 aliphatic carbocycles. The third kappa shape index (κ3) is 7.01. The predicted molar refractivity (Wildman–Crippen MR) is 234 cm³/mol. The summed E-state index contributed by atoms with van der Waals surface area (Å²) in [5, 5.41) is 12.2. The molecule has 0 bridgehead atoms. The van der Waals surface area contributed by atoms with Crippen molar-refractivity contribution in [2.45, 2.75) is 78.6 Å². The summed E-state index contributed by atoms with van der Waals surface area (Å²) in [6.45, 7) is 20.0. The molecule has 8 aromatic rings. The van der Waals surface area contributed by atoms with Gasteiger partial charge in [-0.1, -0.05) is 141 Å². The van der Waals surface area contributed by atoms with Crippen molar-refractivity contribution in [1.82, 2.24) is 9.97 Å². The summed E-state index contributed by atoms with van der Waals surface area (Å²) in [5.74, 6) is 0.529. The maximum Gasteiger partial charge on any atom is 0.231 e. The van der Waals surface area contributed by atoms with Crippen LogP contribution in [0.4, 0.5) is 0 Å². The number of nitrogens with zero attached hydrogens (tertiary/aromatic N) is 2. The summed E-state index contributed by atoms with van der Waals surface area (Å²) in [5.41, 5.74) is 15.0. The Morgan fingerprint density at radius 3 is 1.71 bits per heavy atom. The Kier molecular flexibility index (Phi) is 9.00. The molecule has 0 radical (unpaired) electrons. The highest BCUT2D eigenvalue weighted by Crippen LogP contribution is 2.43. The summed E-state index contributed by atoms with van der Waals surface area (Å²) in [6.07, 6.45) is 1.92. The Bertz CT molecular complexity index is 2740. The highest BCUT2D eigenvalue weighted by Gasteiger charge is 2.23. The minimum atomic E-state index is -0.113. The lowest BCUT2D eigenvalue weighted by molar-refractivity contribution is 0.473. The molecule has 2 heterocycles. The lowest BCUT2D eigenvalue weighted by atomic mass is 9.83. The van der Waals surface area contributed by atoms with E-state index in [1.54, 1.807) is 6.07 Å². The Labute approximate surface area is 330 Å². The van der Waals surface area contributed by atoms with Gasteiger partial charge < -0.3 is 9.52 Å². The molecule has 1 N–H and O–H groups in total. The second-order valence-corrected chi connectivity index (χ2v) is 18.2. The number of phenolic OH excluding ortho intramolecular Hbond substituents is 1. The van der Waals surface area contributed by atoms with Gasteiger partial charge in [0.2, 0.25) is 5.89 Å². The first-order chi connectivity index (χ1) is 26.5. The summed E-state index contributed by atoms with van der Waals surface area (Å²) >= 11 is 0. The molecular formula is C52H50N2O2. The number of aromatic nitrogens is 2.